The summed E-state index contributed by atoms with van der Waals surface area (Å²) in [5.41, 5.74) is 1.05. The van der Waals surface area contributed by atoms with E-state index in [1.54, 1.807) is 12.0 Å². The minimum absolute atomic E-state index is 0.0223. The number of aryl methyl sites for hydroxylation is 1. The molecule has 2 unspecified atom stereocenters. The number of ether oxygens (including phenoxy) is 1. The van der Waals surface area contributed by atoms with Gasteiger partial charge in [0.2, 0.25) is 5.91 Å². The van der Waals surface area contributed by atoms with Crippen LogP contribution in [0, 0.1) is 5.92 Å². The Hall–Kier alpha value is -2.04. The topological polar surface area (TPSA) is 66.8 Å². The predicted molar refractivity (Wildman–Crippen MR) is 78.2 cm³/mol. The van der Waals surface area contributed by atoms with Gasteiger partial charge < -0.3 is 14.7 Å². The highest BCUT2D eigenvalue weighted by atomic mass is 16.5. The van der Waals surface area contributed by atoms with Crippen LogP contribution in [0.3, 0.4) is 0 Å². The van der Waals surface area contributed by atoms with Gasteiger partial charge in [-0.1, -0.05) is 12.1 Å². The van der Waals surface area contributed by atoms with Crippen LogP contribution in [0.25, 0.3) is 0 Å². The molecule has 1 fully saturated rings. The Bertz CT molecular complexity index is 529. The van der Waals surface area contributed by atoms with Gasteiger partial charge in [-0.3, -0.25) is 9.59 Å². The van der Waals surface area contributed by atoms with Crippen molar-refractivity contribution in [3.63, 3.8) is 0 Å². The number of carboxylic acids is 1. The molecule has 5 heteroatoms. The standard InChI is InChI=1S/C16H21NO4/c1-11-14(16(19)20)8-9-17(11)15(18)7-6-12-4-3-5-13(10-12)21-2/h3-5,10-11,14H,6-9H2,1-2H3,(H,19,20). The minimum Gasteiger partial charge on any atom is -0.497 e. The lowest BCUT2D eigenvalue weighted by atomic mass is 10.0. The van der Waals surface area contributed by atoms with Gasteiger partial charge in [0.25, 0.3) is 0 Å². The smallest absolute Gasteiger partial charge is 0.308 e. The number of carbonyl (C=O) groups excluding carboxylic acids is 1. The van der Waals surface area contributed by atoms with E-state index >= 15 is 0 Å². The van der Waals surface area contributed by atoms with Gasteiger partial charge in [-0.25, -0.2) is 0 Å². The summed E-state index contributed by atoms with van der Waals surface area (Å²) in [6, 6.07) is 7.42. The van der Waals surface area contributed by atoms with Gasteiger partial charge in [-0.05, 0) is 37.5 Å². The molecular formula is C16H21NO4. The molecule has 1 N–H and O–H groups in total. The number of amides is 1. The third-order valence-corrected chi connectivity index (χ3v) is 4.15. The summed E-state index contributed by atoms with van der Waals surface area (Å²) in [5.74, 6) is -0.453. The number of carbonyl (C=O) groups is 2. The molecule has 2 rings (SSSR count). The summed E-state index contributed by atoms with van der Waals surface area (Å²) < 4.78 is 5.16. The monoisotopic (exact) mass is 291 g/mol. The SMILES string of the molecule is COc1cccc(CCC(=O)N2CCC(C(=O)O)C2C)c1. The second-order valence-electron chi connectivity index (χ2n) is 5.41. The van der Waals surface area contributed by atoms with Gasteiger partial charge in [0, 0.05) is 19.0 Å². The highest BCUT2D eigenvalue weighted by Crippen LogP contribution is 2.25. The maximum Gasteiger partial charge on any atom is 0.308 e. The fourth-order valence-corrected chi connectivity index (χ4v) is 2.84. The Balaban J connectivity index is 1.91. The molecule has 0 aromatic heterocycles. The number of benzene rings is 1. The predicted octanol–water partition coefficient (Wildman–Crippen LogP) is 1.95. The molecule has 1 aliphatic rings. The zero-order chi connectivity index (χ0) is 15.4. The van der Waals surface area contributed by atoms with Crippen LogP contribution in [0.1, 0.15) is 25.3 Å². The average Bonchev–Trinajstić information content (AvgIpc) is 2.87. The molecule has 114 valence electrons. The maximum absolute atomic E-state index is 12.3. The van der Waals surface area contributed by atoms with E-state index in [4.69, 9.17) is 9.84 Å². The van der Waals surface area contributed by atoms with Crippen LogP contribution in [0.4, 0.5) is 0 Å². The lowest BCUT2D eigenvalue weighted by Gasteiger charge is -2.23. The third kappa shape index (κ3) is 3.54. The van der Waals surface area contributed by atoms with Crippen molar-refractivity contribution in [3.8, 4) is 5.75 Å². The molecule has 2 atom stereocenters. The molecule has 1 aromatic carbocycles. The van der Waals surface area contributed by atoms with Crippen LogP contribution < -0.4 is 4.74 Å². The van der Waals surface area contributed by atoms with Gasteiger partial charge in [0.15, 0.2) is 0 Å². The van der Waals surface area contributed by atoms with Crippen LogP contribution in [-0.4, -0.2) is 41.6 Å². The summed E-state index contributed by atoms with van der Waals surface area (Å²) in [6.07, 6.45) is 1.57. The summed E-state index contributed by atoms with van der Waals surface area (Å²) in [7, 11) is 1.61. The summed E-state index contributed by atoms with van der Waals surface area (Å²) >= 11 is 0. The first-order valence-corrected chi connectivity index (χ1v) is 7.18. The highest BCUT2D eigenvalue weighted by molar-refractivity contribution is 5.79. The molecule has 1 heterocycles. The molecule has 1 aromatic rings. The van der Waals surface area contributed by atoms with E-state index in [9.17, 15) is 9.59 Å². The van der Waals surface area contributed by atoms with Crippen molar-refractivity contribution in [3.05, 3.63) is 29.8 Å². The number of hydrogen-bond donors (Lipinski definition) is 1. The van der Waals surface area contributed by atoms with Crippen LogP contribution >= 0.6 is 0 Å². The van der Waals surface area contributed by atoms with Crippen molar-refractivity contribution in [1.82, 2.24) is 4.90 Å². The summed E-state index contributed by atoms with van der Waals surface area (Å²) in [6.45, 7) is 2.35. The van der Waals surface area contributed by atoms with Gasteiger partial charge in [0.1, 0.15) is 5.75 Å². The van der Waals surface area contributed by atoms with Crippen molar-refractivity contribution in [2.75, 3.05) is 13.7 Å². The largest absolute Gasteiger partial charge is 0.497 e. The van der Waals surface area contributed by atoms with Crippen molar-refractivity contribution in [1.29, 1.82) is 0 Å². The fourth-order valence-electron chi connectivity index (χ4n) is 2.84. The lowest BCUT2D eigenvalue weighted by molar-refractivity contribution is -0.143. The Labute approximate surface area is 124 Å². The van der Waals surface area contributed by atoms with Crippen molar-refractivity contribution in [2.24, 2.45) is 5.92 Å². The van der Waals surface area contributed by atoms with Crippen molar-refractivity contribution >= 4 is 11.9 Å². The molecule has 1 saturated heterocycles. The van der Waals surface area contributed by atoms with Crippen LogP contribution in [-0.2, 0) is 16.0 Å². The van der Waals surface area contributed by atoms with Gasteiger partial charge in [-0.15, -0.1) is 0 Å². The molecule has 1 aliphatic heterocycles. The molecule has 0 saturated carbocycles. The Morgan fingerprint density at radius 3 is 2.81 bits per heavy atom. The molecule has 5 nitrogen and oxygen atoms in total. The number of carboxylic acid groups (broad SMARTS) is 1. The number of nitrogens with zero attached hydrogens (tertiary/aromatic N) is 1. The first-order valence-electron chi connectivity index (χ1n) is 7.18. The van der Waals surface area contributed by atoms with Gasteiger partial charge in [0.05, 0.1) is 13.0 Å². The highest BCUT2D eigenvalue weighted by Gasteiger charge is 2.37. The molecule has 1 amide bonds. The van der Waals surface area contributed by atoms with Crippen molar-refractivity contribution in [2.45, 2.75) is 32.2 Å². The molecule has 0 radical (unpaired) electrons. The van der Waals surface area contributed by atoms with Crippen LogP contribution in [0.15, 0.2) is 24.3 Å². The van der Waals surface area contributed by atoms with Gasteiger partial charge in [-0.2, -0.15) is 0 Å². The normalized spacial score (nSPS) is 21.3. The Kier molecular flexibility index (Phi) is 4.83. The van der Waals surface area contributed by atoms with E-state index in [0.29, 0.717) is 25.8 Å². The molecule has 0 aliphatic carbocycles. The Morgan fingerprint density at radius 1 is 1.43 bits per heavy atom. The van der Waals surface area contributed by atoms with Crippen molar-refractivity contribution < 1.29 is 19.4 Å². The minimum atomic E-state index is -0.814. The number of likely N-dealkylation sites (tertiary alicyclic amines) is 1. The first kappa shape index (κ1) is 15.4. The number of hydrogen-bond acceptors (Lipinski definition) is 3. The quantitative estimate of drug-likeness (QED) is 0.900. The number of methoxy groups -OCH3 is 1. The molecule has 0 bridgehead atoms. The average molecular weight is 291 g/mol. The van der Waals surface area contributed by atoms with Crippen LogP contribution in [0.2, 0.25) is 0 Å². The first-order chi connectivity index (χ1) is 10.0. The van der Waals surface area contributed by atoms with E-state index < -0.39 is 11.9 Å². The lowest BCUT2D eigenvalue weighted by Crippen LogP contribution is -2.37. The summed E-state index contributed by atoms with van der Waals surface area (Å²) in [4.78, 5) is 25.0. The third-order valence-electron chi connectivity index (χ3n) is 4.15. The fraction of sp³-hybridized carbons (Fsp3) is 0.500. The second-order valence-corrected chi connectivity index (χ2v) is 5.41. The van der Waals surface area contributed by atoms with E-state index in [2.05, 4.69) is 0 Å². The zero-order valence-electron chi connectivity index (χ0n) is 12.4. The Morgan fingerprint density at radius 2 is 2.19 bits per heavy atom. The molecule has 21 heavy (non-hydrogen) atoms. The van der Waals surface area contributed by atoms with E-state index in [1.807, 2.05) is 31.2 Å². The second kappa shape index (κ2) is 6.61. The van der Waals surface area contributed by atoms with E-state index in [-0.39, 0.29) is 11.9 Å². The summed E-state index contributed by atoms with van der Waals surface area (Å²) in [5, 5.41) is 9.10. The maximum atomic E-state index is 12.3. The molecular weight excluding hydrogens is 270 g/mol. The van der Waals surface area contributed by atoms with E-state index in [1.165, 1.54) is 0 Å². The zero-order valence-corrected chi connectivity index (χ0v) is 12.4. The number of aliphatic carboxylic acids is 1. The number of rotatable bonds is 5. The molecule has 0 spiro atoms. The van der Waals surface area contributed by atoms with Crippen LogP contribution in [0.5, 0.6) is 5.75 Å². The van der Waals surface area contributed by atoms with Gasteiger partial charge >= 0.3 is 5.97 Å². The van der Waals surface area contributed by atoms with E-state index in [0.717, 1.165) is 11.3 Å².